The summed E-state index contributed by atoms with van der Waals surface area (Å²) in [6.45, 7) is 7.79. The van der Waals surface area contributed by atoms with Gasteiger partial charge in [-0.25, -0.2) is 0 Å². The van der Waals surface area contributed by atoms with Gasteiger partial charge in [-0.2, -0.15) is 0 Å². The van der Waals surface area contributed by atoms with E-state index in [-0.39, 0.29) is 6.10 Å². The number of benzene rings is 1. The summed E-state index contributed by atoms with van der Waals surface area (Å²) in [4.78, 5) is 0. The molecule has 5 nitrogen and oxygen atoms in total. The van der Waals surface area contributed by atoms with E-state index in [9.17, 15) is 0 Å². The summed E-state index contributed by atoms with van der Waals surface area (Å²) < 4.78 is 24.6. The zero-order valence-electron chi connectivity index (χ0n) is 13.4. The van der Waals surface area contributed by atoms with Crippen molar-refractivity contribution in [3.63, 3.8) is 0 Å². The average Bonchev–Trinajstić information content (AvgIpc) is 3.06. The molecule has 3 saturated heterocycles. The van der Waals surface area contributed by atoms with Crippen LogP contribution in [0.5, 0.6) is 5.75 Å². The van der Waals surface area contributed by atoms with Crippen LogP contribution in [0, 0.1) is 0 Å². The first-order chi connectivity index (χ1) is 10.6. The summed E-state index contributed by atoms with van der Waals surface area (Å²) in [6.07, 6.45) is 0.0466. The fraction of sp³-hybridized carbons (Fsp3) is 0.625. The predicted octanol–water partition coefficient (Wildman–Crippen LogP) is 1.90. The first-order valence-electron chi connectivity index (χ1n) is 8.30. The molecule has 0 radical (unpaired) electrons. The van der Waals surface area contributed by atoms with Crippen LogP contribution >= 0.6 is 0 Å². The quantitative estimate of drug-likeness (QED) is 0.796. The van der Waals surface area contributed by atoms with Gasteiger partial charge in [0.1, 0.15) is 18.5 Å². The summed E-state index contributed by atoms with van der Waals surface area (Å²) in [5.74, 6) is 1.44. The number of hydrogen-bond donors (Lipinski definition) is 0. The van der Waals surface area contributed by atoms with E-state index in [1.54, 1.807) is 0 Å². The van der Waals surface area contributed by atoms with Crippen molar-refractivity contribution in [1.29, 1.82) is 0 Å². The highest BCUT2D eigenvalue weighted by Gasteiger charge is 2.66. The third-order valence-corrected chi connectivity index (χ3v) is 5.32. The number of quaternary nitrogens is 1. The Morgan fingerprint density at radius 2 is 1.86 bits per heavy atom. The fourth-order valence-corrected chi connectivity index (χ4v) is 4.00. The van der Waals surface area contributed by atoms with E-state index in [1.807, 2.05) is 12.1 Å². The summed E-state index contributed by atoms with van der Waals surface area (Å²) in [5.41, 5.74) is 1.33. The Hall–Kier alpha value is -1.08. The molecule has 120 valence electrons. The van der Waals surface area contributed by atoms with Crippen molar-refractivity contribution < 1.29 is 23.1 Å². The van der Waals surface area contributed by atoms with E-state index in [0.717, 1.165) is 43.0 Å². The number of ether oxygens (including phenoxy) is 1. The Morgan fingerprint density at radius 1 is 1.18 bits per heavy atom. The molecule has 0 spiro atoms. The van der Waals surface area contributed by atoms with E-state index < -0.39 is 6.89 Å². The second kappa shape index (κ2) is 5.23. The molecule has 3 aliphatic heterocycles. The smallest absolute Gasteiger partial charge is 0.491 e. The van der Waals surface area contributed by atoms with Gasteiger partial charge in [0, 0.05) is 0 Å². The van der Waals surface area contributed by atoms with E-state index in [2.05, 4.69) is 26.0 Å². The monoisotopic (exact) mass is 305 g/mol. The van der Waals surface area contributed by atoms with Crippen LogP contribution in [0.1, 0.15) is 25.3 Å². The average molecular weight is 305 g/mol. The van der Waals surface area contributed by atoms with Gasteiger partial charge in [-0.1, -0.05) is 26.0 Å². The minimum absolute atomic E-state index is 0.0466. The molecule has 3 heterocycles. The molecular weight excluding hydrogens is 281 g/mol. The molecule has 0 amide bonds. The third kappa shape index (κ3) is 2.17. The molecular formula is C16H24BNO4. The zero-order chi connectivity index (χ0) is 15.2. The van der Waals surface area contributed by atoms with Crippen molar-refractivity contribution >= 4 is 6.89 Å². The topological polar surface area (TPSA) is 36.9 Å². The van der Waals surface area contributed by atoms with Gasteiger partial charge in [0.25, 0.3) is 0 Å². The summed E-state index contributed by atoms with van der Waals surface area (Å²) in [6, 6.07) is 8.33. The van der Waals surface area contributed by atoms with Crippen molar-refractivity contribution in [2.45, 2.75) is 25.9 Å². The van der Waals surface area contributed by atoms with E-state index in [4.69, 9.17) is 18.7 Å². The molecule has 1 atom stereocenters. The van der Waals surface area contributed by atoms with E-state index in [1.165, 1.54) is 5.56 Å². The summed E-state index contributed by atoms with van der Waals surface area (Å²) >= 11 is 0. The SMILES string of the molecule is CC(C)c1ccc(OC[C@@H]2C[N+]34CCO[B-]3(OCC4)O2)cc1. The maximum atomic E-state index is 6.14. The molecule has 6 heteroatoms. The zero-order valence-corrected chi connectivity index (χ0v) is 13.4. The lowest BCUT2D eigenvalue weighted by atomic mass is 9.94. The first kappa shape index (κ1) is 14.5. The van der Waals surface area contributed by atoms with Crippen molar-refractivity contribution in [1.82, 2.24) is 0 Å². The molecule has 0 aromatic heterocycles. The number of nitrogens with zero attached hydrogens (tertiary/aromatic N) is 1. The minimum Gasteiger partial charge on any atom is -0.491 e. The predicted molar refractivity (Wildman–Crippen MR) is 83.4 cm³/mol. The van der Waals surface area contributed by atoms with Crippen molar-refractivity contribution in [2.75, 3.05) is 39.5 Å². The van der Waals surface area contributed by atoms with Crippen molar-refractivity contribution in [3.8, 4) is 5.75 Å². The fourth-order valence-electron chi connectivity index (χ4n) is 4.00. The largest absolute Gasteiger partial charge is 0.625 e. The van der Waals surface area contributed by atoms with Gasteiger partial charge in [0.2, 0.25) is 0 Å². The van der Waals surface area contributed by atoms with Crippen LogP contribution in [0.4, 0.5) is 0 Å². The Labute approximate surface area is 131 Å². The first-order valence-corrected chi connectivity index (χ1v) is 8.30. The molecule has 4 rings (SSSR count). The summed E-state index contributed by atoms with van der Waals surface area (Å²) in [7, 11) is 0. The number of rotatable bonds is 4. The molecule has 0 unspecified atom stereocenters. The van der Waals surface area contributed by atoms with Crippen molar-refractivity contribution in [3.05, 3.63) is 29.8 Å². The molecule has 3 fully saturated rings. The van der Waals surface area contributed by atoms with Crippen molar-refractivity contribution in [2.24, 2.45) is 0 Å². The van der Waals surface area contributed by atoms with E-state index >= 15 is 0 Å². The molecule has 0 saturated carbocycles. The molecule has 3 aliphatic rings. The second-order valence-electron chi connectivity index (χ2n) is 6.99. The van der Waals surface area contributed by atoms with Gasteiger partial charge < -0.3 is 23.1 Å². The minimum atomic E-state index is -1.56. The normalized spacial score (nSPS) is 36.6. The molecule has 22 heavy (non-hydrogen) atoms. The molecule has 0 aliphatic carbocycles. The molecule has 0 N–H and O–H groups in total. The van der Waals surface area contributed by atoms with Crippen LogP contribution in [0.2, 0.25) is 0 Å². The highest BCUT2D eigenvalue weighted by atomic mass is 16.8. The van der Waals surface area contributed by atoms with Crippen LogP contribution in [0.25, 0.3) is 0 Å². The van der Waals surface area contributed by atoms with Crippen LogP contribution < -0.4 is 4.74 Å². The molecule has 0 bridgehead atoms. The standard InChI is InChI=1S/C16H24BNO4/c1-13(2)14-3-5-15(6-4-14)19-12-16-11-18-7-9-20-17(18,22-16)21-10-8-18/h3-6,13,16H,7-12H2,1-2H3/t16-,17?,18?/m0/s1. The highest BCUT2D eigenvalue weighted by Crippen LogP contribution is 2.41. The van der Waals surface area contributed by atoms with Gasteiger partial charge >= 0.3 is 6.89 Å². The lowest BCUT2D eigenvalue weighted by molar-refractivity contribution is -0.816. The Morgan fingerprint density at radius 3 is 2.45 bits per heavy atom. The third-order valence-electron chi connectivity index (χ3n) is 5.32. The van der Waals surface area contributed by atoms with Gasteiger partial charge in [-0.3, -0.25) is 0 Å². The van der Waals surface area contributed by atoms with Gasteiger partial charge in [0.05, 0.1) is 32.8 Å². The lowest BCUT2D eigenvalue weighted by Crippen LogP contribution is -2.59. The molecule has 1 aromatic rings. The maximum Gasteiger partial charge on any atom is 0.625 e. The lowest BCUT2D eigenvalue weighted by Gasteiger charge is -2.37. The Bertz CT molecular complexity index is 518. The molecule has 1 aromatic carbocycles. The van der Waals surface area contributed by atoms with E-state index in [0.29, 0.717) is 12.5 Å². The van der Waals surface area contributed by atoms with Gasteiger partial charge in [-0.15, -0.1) is 0 Å². The second-order valence-corrected chi connectivity index (χ2v) is 6.99. The maximum absolute atomic E-state index is 6.14. The highest BCUT2D eigenvalue weighted by molar-refractivity contribution is 6.54. The van der Waals surface area contributed by atoms with Crippen LogP contribution in [-0.2, 0) is 14.0 Å². The van der Waals surface area contributed by atoms with Crippen LogP contribution in [0.3, 0.4) is 0 Å². The van der Waals surface area contributed by atoms with Gasteiger partial charge in [-0.05, 0) is 23.6 Å². The van der Waals surface area contributed by atoms with Crippen LogP contribution in [-0.4, -0.2) is 56.8 Å². The Kier molecular flexibility index (Phi) is 3.45. The summed E-state index contributed by atoms with van der Waals surface area (Å²) in [5, 5.41) is 0. The Balaban J connectivity index is 1.38. The van der Waals surface area contributed by atoms with Gasteiger partial charge in [0.15, 0.2) is 0 Å². The number of hydrogen-bond acceptors (Lipinski definition) is 4. The van der Waals surface area contributed by atoms with Crippen LogP contribution in [0.15, 0.2) is 24.3 Å².